The first-order chi connectivity index (χ1) is 20.0. The van der Waals surface area contributed by atoms with E-state index in [2.05, 4.69) is 27.0 Å². The third kappa shape index (κ3) is 3.51. The van der Waals surface area contributed by atoms with Crippen LogP contribution in [-0.4, -0.2) is 44.8 Å². The fourth-order valence-electron chi connectivity index (χ4n) is 6.77. The van der Waals surface area contributed by atoms with E-state index in [4.69, 9.17) is 9.47 Å². The van der Waals surface area contributed by atoms with Crippen LogP contribution in [0.5, 0.6) is 0 Å². The van der Waals surface area contributed by atoms with E-state index in [9.17, 15) is 14.7 Å². The Morgan fingerprint density at radius 1 is 0.902 bits per heavy atom. The van der Waals surface area contributed by atoms with Gasteiger partial charge in [0.1, 0.15) is 6.23 Å². The highest BCUT2D eigenvalue weighted by Crippen LogP contribution is 2.46. The van der Waals surface area contributed by atoms with Crippen LogP contribution in [0.25, 0.3) is 43.6 Å². The minimum atomic E-state index is -0.701. The molecule has 41 heavy (non-hydrogen) atoms. The summed E-state index contributed by atoms with van der Waals surface area (Å²) in [6.45, 7) is 2.50. The topological polar surface area (TPSA) is 106 Å². The van der Waals surface area contributed by atoms with Crippen molar-refractivity contribution in [3.8, 4) is 0 Å². The number of aromatic amines is 1. The predicted molar refractivity (Wildman–Crippen MR) is 156 cm³/mol. The van der Waals surface area contributed by atoms with Gasteiger partial charge in [-0.3, -0.25) is 0 Å². The second-order valence-electron chi connectivity index (χ2n) is 11.0. The number of carbonyl (C=O) groups is 2. The van der Waals surface area contributed by atoms with E-state index in [1.54, 1.807) is 0 Å². The molecule has 1 saturated heterocycles. The minimum Gasteiger partial charge on any atom is -0.389 e. The molecule has 0 amide bonds. The number of hydrogen-bond acceptors (Lipinski definition) is 6. The van der Waals surface area contributed by atoms with E-state index >= 15 is 0 Å². The highest BCUT2D eigenvalue weighted by molar-refractivity contribution is 6.36. The Labute approximate surface area is 234 Å². The lowest BCUT2D eigenvalue weighted by Crippen LogP contribution is -2.51. The maximum atomic E-state index is 13.3. The van der Waals surface area contributed by atoms with E-state index in [0.29, 0.717) is 34.9 Å². The number of H-pyrrole nitrogens is 1. The molecule has 8 nitrogen and oxygen atoms in total. The van der Waals surface area contributed by atoms with Crippen LogP contribution in [0.15, 0.2) is 78.9 Å². The van der Waals surface area contributed by atoms with Crippen LogP contribution in [0.4, 0.5) is 0 Å². The van der Waals surface area contributed by atoms with Crippen LogP contribution in [0.2, 0.25) is 0 Å². The number of fused-ring (bicyclic) bond motifs is 10. The van der Waals surface area contributed by atoms with Gasteiger partial charge >= 0.3 is 11.9 Å². The molecule has 0 saturated carbocycles. The number of ether oxygens (including phenoxy) is 2. The largest absolute Gasteiger partial charge is 0.389 e. The van der Waals surface area contributed by atoms with E-state index in [1.807, 2.05) is 73.7 Å². The Hall–Kier alpha value is -4.50. The number of esters is 2. The Morgan fingerprint density at radius 2 is 1.59 bits per heavy atom. The van der Waals surface area contributed by atoms with Crippen LogP contribution >= 0.6 is 0 Å². The van der Waals surface area contributed by atoms with Crippen molar-refractivity contribution in [2.45, 2.75) is 44.4 Å². The molecule has 0 bridgehead atoms. The molecule has 4 aromatic carbocycles. The van der Waals surface area contributed by atoms with Crippen molar-refractivity contribution >= 4 is 55.6 Å². The predicted octanol–water partition coefficient (Wildman–Crippen LogP) is 5.57. The summed E-state index contributed by atoms with van der Waals surface area (Å²) < 4.78 is 13.8. The van der Waals surface area contributed by atoms with Gasteiger partial charge in [0.15, 0.2) is 0 Å². The maximum absolute atomic E-state index is 13.3. The van der Waals surface area contributed by atoms with Crippen LogP contribution in [0, 0.1) is 0 Å². The number of aliphatic hydroxyl groups excluding tert-OH is 1. The van der Waals surface area contributed by atoms with Crippen LogP contribution in [-0.2, 0) is 16.0 Å². The molecule has 0 aliphatic carbocycles. The number of rotatable bonds is 4. The van der Waals surface area contributed by atoms with Gasteiger partial charge in [0.25, 0.3) is 0 Å². The Bertz CT molecular complexity index is 2030. The highest BCUT2D eigenvalue weighted by atomic mass is 16.6. The molecular formula is C33H27N3O5. The van der Waals surface area contributed by atoms with Crippen molar-refractivity contribution in [3.05, 3.63) is 95.6 Å². The van der Waals surface area contributed by atoms with Gasteiger partial charge in [0.05, 0.1) is 39.9 Å². The van der Waals surface area contributed by atoms with Crippen molar-refractivity contribution in [2.24, 2.45) is 0 Å². The highest BCUT2D eigenvalue weighted by Gasteiger charge is 2.41. The number of nitrogens with one attached hydrogen (secondary N) is 2. The lowest BCUT2D eigenvalue weighted by Gasteiger charge is -2.39. The monoisotopic (exact) mass is 545 g/mol. The van der Waals surface area contributed by atoms with Gasteiger partial charge in [-0.15, -0.1) is 0 Å². The average molecular weight is 546 g/mol. The molecule has 4 atom stereocenters. The fourth-order valence-corrected chi connectivity index (χ4v) is 6.77. The number of para-hydroxylation sites is 2. The second-order valence-corrected chi connectivity index (χ2v) is 11.0. The molecule has 1 fully saturated rings. The Morgan fingerprint density at radius 3 is 2.39 bits per heavy atom. The summed E-state index contributed by atoms with van der Waals surface area (Å²) in [7, 11) is 0. The van der Waals surface area contributed by atoms with Gasteiger partial charge in [-0.05, 0) is 24.6 Å². The molecule has 2 aliphatic rings. The number of aliphatic hydroxyl groups is 1. The minimum absolute atomic E-state index is 0.237. The third-order valence-corrected chi connectivity index (χ3v) is 8.62. The summed E-state index contributed by atoms with van der Waals surface area (Å²) in [5.41, 5.74) is 4.98. The maximum Gasteiger partial charge on any atom is 0.347 e. The van der Waals surface area contributed by atoms with Crippen LogP contribution < -0.4 is 5.32 Å². The molecule has 204 valence electrons. The summed E-state index contributed by atoms with van der Waals surface area (Å²) in [5.74, 6) is -1.27. The number of cyclic esters (lactones) is 2. The molecule has 3 N–H and O–H groups in total. The van der Waals surface area contributed by atoms with Gasteiger partial charge in [0.2, 0.25) is 0 Å². The Balaban J connectivity index is 1.38. The first-order valence-corrected chi connectivity index (χ1v) is 13.9. The molecule has 8 rings (SSSR count). The third-order valence-electron chi connectivity index (χ3n) is 8.62. The number of carbonyl (C=O) groups excluding carboxylic acids is 2. The smallest absolute Gasteiger partial charge is 0.347 e. The zero-order valence-corrected chi connectivity index (χ0v) is 22.3. The quantitative estimate of drug-likeness (QED) is 0.198. The summed E-state index contributed by atoms with van der Waals surface area (Å²) >= 11 is 0. The van der Waals surface area contributed by atoms with E-state index < -0.39 is 30.4 Å². The lowest BCUT2D eigenvalue weighted by molar-refractivity contribution is -0.148. The van der Waals surface area contributed by atoms with Gasteiger partial charge < -0.3 is 29.4 Å². The number of hydrogen-bond donors (Lipinski definition) is 3. The van der Waals surface area contributed by atoms with E-state index in [-0.39, 0.29) is 6.04 Å². The van der Waals surface area contributed by atoms with Gasteiger partial charge in [-0.1, -0.05) is 66.7 Å². The molecule has 4 heterocycles. The van der Waals surface area contributed by atoms with E-state index in [1.165, 1.54) is 0 Å². The molecule has 2 aromatic heterocycles. The molecule has 6 aromatic rings. The first kappa shape index (κ1) is 24.3. The van der Waals surface area contributed by atoms with Crippen molar-refractivity contribution in [1.29, 1.82) is 0 Å². The van der Waals surface area contributed by atoms with Crippen LogP contribution in [0.1, 0.15) is 45.9 Å². The van der Waals surface area contributed by atoms with Crippen molar-refractivity contribution in [1.82, 2.24) is 14.9 Å². The molecular weight excluding hydrogens is 518 g/mol. The lowest BCUT2D eigenvalue weighted by atomic mass is 9.96. The Kier molecular flexibility index (Phi) is 5.34. The molecule has 2 aliphatic heterocycles. The summed E-state index contributed by atoms with van der Waals surface area (Å²) in [4.78, 5) is 29.9. The first-order valence-electron chi connectivity index (χ1n) is 13.9. The normalized spacial score (nSPS) is 22.7. The zero-order chi connectivity index (χ0) is 27.8. The molecule has 0 radical (unpaired) electrons. The van der Waals surface area contributed by atoms with Crippen molar-refractivity contribution in [3.63, 3.8) is 0 Å². The molecule has 8 heteroatoms. The molecule has 4 unspecified atom stereocenters. The average Bonchev–Trinajstić information content (AvgIpc) is 3.63. The summed E-state index contributed by atoms with van der Waals surface area (Å²) in [5, 5.41) is 17.7. The molecule has 0 spiro atoms. The standard InChI is InChI=1S/C33H27N3O5/c1-17-31(37)22(34-16-18-9-3-2-4-10-18)15-24(40-17)36-23-14-8-6-12-20(23)26-28-27(32(38)41-33(28)39)25-19-11-5-7-13-21(19)35-29(25)30(26)36/h2-14,17,22,24,31,34-35,37H,15-16H2,1H3. The zero-order valence-electron chi connectivity index (χ0n) is 22.3. The van der Waals surface area contributed by atoms with Gasteiger partial charge in [0, 0.05) is 46.1 Å². The van der Waals surface area contributed by atoms with Crippen molar-refractivity contribution < 1.29 is 24.2 Å². The summed E-state index contributed by atoms with van der Waals surface area (Å²) in [6, 6.07) is 25.5. The van der Waals surface area contributed by atoms with Gasteiger partial charge in [-0.2, -0.15) is 0 Å². The van der Waals surface area contributed by atoms with E-state index in [0.717, 1.165) is 38.4 Å². The second kappa shape index (κ2) is 9.01. The van der Waals surface area contributed by atoms with Crippen molar-refractivity contribution in [2.75, 3.05) is 0 Å². The summed E-state index contributed by atoms with van der Waals surface area (Å²) in [6.07, 6.45) is -1.11. The number of benzene rings is 4. The number of aromatic nitrogens is 2. The SMILES string of the molecule is CC1OC(n2c3ccccc3c3c4c(c5c6ccccc6[nH]c5c32)C(=O)OC4=O)CC(NCc2ccccc2)C1O. The van der Waals surface area contributed by atoms with Crippen LogP contribution in [0.3, 0.4) is 0 Å². The van der Waals surface area contributed by atoms with Gasteiger partial charge in [-0.25, -0.2) is 9.59 Å². The fraction of sp³-hybridized carbons (Fsp3) is 0.212. The number of nitrogens with zero attached hydrogens (tertiary/aromatic N) is 1.